The first-order valence-electron chi connectivity index (χ1n) is 20.4. The van der Waals surface area contributed by atoms with Crippen molar-refractivity contribution in [3.63, 3.8) is 0 Å². The van der Waals surface area contributed by atoms with Gasteiger partial charge in [-0.1, -0.05) is 128 Å². The first-order valence-corrected chi connectivity index (χ1v) is 20.4. The van der Waals surface area contributed by atoms with Crippen molar-refractivity contribution in [2.45, 2.75) is 13.1 Å². The topological polar surface area (TPSA) is 45.0 Å². The molecule has 0 amide bonds. The molecule has 1 aliphatic heterocycles. The third kappa shape index (κ3) is 4.51. The summed E-state index contributed by atoms with van der Waals surface area (Å²) in [5.74, 6) is 2.88. The fourth-order valence-corrected chi connectivity index (χ4v) is 10.1. The molecule has 0 N–H and O–H groups in total. The van der Waals surface area contributed by atoms with Gasteiger partial charge in [-0.3, -0.25) is 13.7 Å². The van der Waals surface area contributed by atoms with Gasteiger partial charge in [0.25, 0.3) is 0 Å². The highest BCUT2D eigenvalue weighted by Gasteiger charge is 2.27. The van der Waals surface area contributed by atoms with Crippen molar-refractivity contribution in [2.75, 3.05) is 0 Å². The quantitative estimate of drug-likeness (QED) is 0.177. The molecule has 0 aliphatic carbocycles. The Kier molecular flexibility index (Phi) is 6.67. The number of allylic oxidation sites excluding steroid dienone is 1. The molecule has 1 aliphatic rings. The van der Waals surface area contributed by atoms with E-state index in [0.29, 0.717) is 0 Å². The number of aliphatic imine (C=N–C) groups is 1. The summed E-state index contributed by atoms with van der Waals surface area (Å²) in [5, 5.41) is 9.71. The van der Waals surface area contributed by atoms with Crippen molar-refractivity contribution < 1.29 is 0 Å². The zero-order chi connectivity index (χ0) is 38.8. The second-order valence-electron chi connectivity index (χ2n) is 15.8. The Labute approximate surface area is 338 Å². The lowest BCUT2D eigenvalue weighted by molar-refractivity contribution is 0.442. The van der Waals surface area contributed by atoms with Crippen LogP contribution in [0.4, 0.5) is 0 Å². The highest BCUT2D eigenvalue weighted by Crippen LogP contribution is 2.42. The molecular weight excluding hydrogens is 721 g/mol. The van der Waals surface area contributed by atoms with E-state index in [4.69, 9.17) is 9.98 Å². The summed E-state index contributed by atoms with van der Waals surface area (Å²) in [6, 6.07) is 63.3. The molecule has 2 unspecified atom stereocenters. The number of rotatable bonds is 3. The highest BCUT2D eigenvalue weighted by atomic mass is 15.2. The summed E-state index contributed by atoms with van der Waals surface area (Å²) in [4.78, 5) is 11.1. The summed E-state index contributed by atoms with van der Waals surface area (Å²) in [6.45, 7) is 2.29. The zero-order valence-corrected chi connectivity index (χ0v) is 32.2. The van der Waals surface area contributed by atoms with Gasteiger partial charge in [-0.2, -0.15) is 0 Å². The van der Waals surface area contributed by atoms with Gasteiger partial charge < -0.3 is 4.57 Å². The molecule has 6 heterocycles. The SMILES string of the molecule is CC1C=CC(n2c3ccccc3c3ccccc32)=NC1n1c2ccccc2c2cc3c(cc21)c1ccccc1n3-c1cccc(-n2c3ccccc3c3ccccc32)n1. The van der Waals surface area contributed by atoms with Crippen molar-refractivity contribution in [2.24, 2.45) is 10.9 Å². The van der Waals surface area contributed by atoms with E-state index in [9.17, 15) is 0 Å². The molecule has 7 aromatic carbocycles. The molecule has 12 aromatic rings. The molecule has 5 aromatic heterocycles. The molecule has 0 fully saturated rings. The van der Waals surface area contributed by atoms with E-state index in [2.05, 4.69) is 213 Å². The van der Waals surface area contributed by atoms with Crippen LogP contribution in [0.15, 0.2) is 193 Å². The van der Waals surface area contributed by atoms with Crippen molar-refractivity contribution in [3.05, 3.63) is 188 Å². The molecule has 6 heteroatoms. The number of benzene rings is 7. The van der Waals surface area contributed by atoms with Crippen LogP contribution in [0.1, 0.15) is 13.1 Å². The van der Waals surface area contributed by atoms with Crippen LogP contribution < -0.4 is 0 Å². The number of para-hydroxylation sites is 6. The van der Waals surface area contributed by atoms with Gasteiger partial charge in [-0.15, -0.1) is 0 Å². The lowest BCUT2D eigenvalue weighted by Gasteiger charge is -2.26. The van der Waals surface area contributed by atoms with Crippen LogP contribution in [0.3, 0.4) is 0 Å². The summed E-state index contributed by atoms with van der Waals surface area (Å²) < 4.78 is 9.46. The fourth-order valence-electron chi connectivity index (χ4n) is 10.1. The van der Waals surface area contributed by atoms with Crippen LogP contribution in [-0.4, -0.2) is 29.1 Å². The van der Waals surface area contributed by atoms with Crippen molar-refractivity contribution in [1.29, 1.82) is 0 Å². The number of aromatic nitrogens is 5. The Balaban J connectivity index is 1.05. The molecule has 278 valence electrons. The Morgan fingerprint density at radius 2 is 0.763 bits per heavy atom. The number of pyridine rings is 1. The van der Waals surface area contributed by atoms with Gasteiger partial charge in [0, 0.05) is 49.0 Å². The summed E-state index contributed by atoms with van der Waals surface area (Å²) in [6.07, 6.45) is 4.38. The smallest absolute Gasteiger partial charge is 0.140 e. The van der Waals surface area contributed by atoms with Crippen molar-refractivity contribution in [1.82, 2.24) is 23.3 Å². The number of nitrogens with zero attached hydrogens (tertiary/aromatic N) is 6. The predicted octanol–water partition coefficient (Wildman–Crippen LogP) is 13.1. The minimum Gasteiger partial charge on any atom is -0.317 e. The molecule has 0 saturated heterocycles. The van der Waals surface area contributed by atoms with Gasteiger partial charge in [0.05, 0.1) is 44.1 Å². The average molecular weight is 757 g/mol. The Morgan fingerprint density at radius 1 is 0.373 bits per heavy atom. The Hall–Kier alpha value is -7.70. The van der Waals surface area contributed by atoms with Crippen LogP contribution in [0.2, 0.25) is 0 Å². The van der Waals surface area contributed by atoms with Crippen LogP contribution in [0.5, 0.6) is 0 Å². The van der Waals surface area contributed by atoms with Gasteiger partial charge in [-0.05, 0) is 66.7 Å². The fraction of sp³-hybridized carbons (Fsp3) is 0.0566. The van der Waals surface area contributed by atoms with Crippen LogP contribution in [-0.2, 0) is 0 Å². The largest absolute Gasteiger partial charge is 0.317 e. The Morgan fingerprint density at radius 3 is 1.29 bits per heavy atom. The van der Waals surface area contributed by atoms with Gasteiger partial charge in [0.1, 0.15) is 23.6 Å². The molecule has 6 nitrogen and oxygen atoms in total. The predicted molar refractivity (Wildman–Crippen MR) is 246 cm³/mol. The molecule has 2 atom stereocenters. The van der Waals surface area contributed by atoms with Crippen LogP contribution in [0.25, 0.3) is 98.9 Å². The summed E-state index contributed by atoms with van der Waals surface area (Å²) >= 11 is 0. The van der Waals surface area contributed by atoms with Crippen molar-refractivity contribution >= 4 is 93.1 Å². The molecular formula is C53H36N6. The van der Waals surface area contributed by atoms with E-state index in [0.717, 1.165) is 50.6 Å². The van der Waals surface area contributed by atoms with Gasteiger partial charge >= 0.3 is 0 Å². The third-order valence-electron chi connectivity index (χ3n) is 12.6. The first kappa shape index (κ1) is 32.4. The second kappa shape index (κ2) is 12.2. The summed E-state index contributed by atoms with van der Waals surface area (Å²) in [5.41, 5.74) is 9.21. The maximum Gasteiger partial charge on any atom is 0.140 e. The zero-order valence-electron chi connectivity index (χ0n) is 32.2. The lowest BCUT2D eigenvalue weighted by atomic mass is 10.0. The van der Waals surface area contributed by atoms with Gasteiger partial charge in [-0.25, -0.2) is 9.98 Å². The minimum absolute atomic E-state index is 0.160. The van der Waals surface area contributed by atoms with E-state index in [1.165, 1.54) is 54.1 Å². The summed E-state index contributed by atoms with van der Waals surface area (Å²) in [7, 11) is 0. The Bertz CT molecular complexity index is 3670. The monoisotopic (exact) mass is 756 g/mol. The maximum absolute atomic E-state index is 5.66. The maximum atomic E-state index is 5.66. The van der Waals surface area contributed by atoms with Crippen LogP contribution >= 0.6 is 0 Å². The number of hydrogen-bond acceptors (Lipinski definition) is 2. The number of hydrogen-bond donors (Lipinski definition) is 0. The molecule has 59 heavy (non-hydrogen) atoms. The van der Waals surface area contributed by atoms with Gasteiger partial charge in [0.15, 0.2) is 0 Å². The average Bonchev–Trinajstić information content (AvgIpc) is 4.01. The van der Waals surface area contributed by atoms with E-state index < -0.39 is 0 Å². The first-order chi connectivity index (χ1) is 29.2. The number of dihydropyridines is 1. The molecule has 0 saturated carbocycles. The van der Waals surface area contributed by atoms with Crippen LogP contribution in [0, 0.1) is 5.92 Å². The van der Waals surface area contributed by atoms with Gasteiger partial charge in [0.2, 0.25) is 0 Å². The normalized spacial score (nSPS) is 15.9. The molecule has 13 rings (SSSR count). The van der Waals surface area contributed by atoms with E-state index in [1.54, 1.807) is 0 Å². The molecule has 0 spiro atoms. The number of fused-ring (bicyclic) bond motifs is 12. The highest BCUT2D eigenvalue weighted by molar-refractivity contribution is 6.19. The molecule has 0 radical (unpaired) electrons. The second-order valence-corrected chi connectivity index (χ2v) is 15.8. The third-order valence-corrected chi connectivity index (χ3v) is 12.6. The van der Waals surface area contributed by atoms with Crippen molar-refractivity contribution in [3.8, 4) is 11.6 Å². The van der Waals surface area contributed by atoms with E-state index in [-0.39, 0.29) is 12.1 Å². The molecule has 0 bridgehead atoms. The van der Waals surface area contributed by atoms with E-state index >= 15 is 0 Å². The lowest BCUT2D eigenvalue weighted by Crippen LogP contribution is -2.22. The van der Waals surface area contributed by atoms with E-state index in [1.807, 2.05) is 0 Å². The standard InChI is InChI=1S/C53H36N6/c1-33-29-30-52(57-44-23-10-4-17-36(44)37-18-5-11-24-45(37)57)55-53(33)59-47-26-13-7-20-39(47)41-31-48-40(32-49(41)59)38-19-6-12-25-46(38)58(48)51-28-14-27-50(54-51)56-42-21-8-2-15-34(42)35-16-3-9-22-43(35)56/h2-33,53H,1H3. The minimum atomic E-state index is -0.160.